The van der Waals surface area contributed by atoms with Crippen molar-refractivity contribution in [3.05, 3.63) is 113 Å². The number of aliphatic imine (C=N–C) groups is 1. The summed E-state index contributed by atoms with van der Waals surface area (Å²) in [6.07, 6.45) is 3.86. The zero-order valence-corrected chi connectivity index (χ0v) is 27.9. The predicted octanol–water partition coefficient (Wildman–Crippen LogP) is 6.61. The van der Waals surface area contributed by atoms with Crippen molar-refractivity contribution in [1.29, 1.82) is 0 Å². The Hall–Kier alpha value is -5.35. The van der Waals surface area contributed by atoms with E-state index in [9.17, 15) is 14.4 Å². The smallest absolute Gasteiger partial charge is 0.338 e. The molecule has 250 valence electrons. The van der Waals surface area contributed by atoms with Crippen molar-refractivity contribution in [3.63, 3.8) is 0 Å². The van der Waals surface area contributed by atoms with Gasteiger partial charge in [-0.05, 0) is 99.3 Å². The summed E-state index contributed by atoms with van der Waals surface area (Å²) >= 11 is 0. The molecule has 3 aromatic carbocycles. The Morgan fingerprint density at radius 1 is 0.959 bits per heavy atom. The molecule has 1 N–H and O–H groups in total. The normalized spacial score (nSPS) is 17.9. The highest BCUT2D eigenvalue weighted by molar-refractivity contribution is 6.18. The van der Waals surface area contributed by atoms with Crippen molar-refractivity contribution in [2.24, 2.45) is 10.4 Å². The molecular weight excluding hydrogens is 618 g/mol. The van der Waals surface area contributed by atoms with Crippen LogP contribution in [0.15, 0.2) is 90.1 Å². The summed E-state index contributed by atoms with van der Waals surface area (Å²) < 4.78 is 10.7. The number of amides is 2. The Labute approximate surface area is 285 Å². The van der Waals surface area contributed by atoms with E-state index in [1.807, 2.05) is 56.3 Å². The van der Waals surface area contributed by atoms with Crippen molar-refractivity contribution in [2.45, 2.75) is 39.7 Å². The van der Waals surface area contributed by atoms with Crippen molar-refractivity contribution >= 4 is 46.4 Å². The summed E-state index contributed by atoms with van der Waals surface area (Å²) in [6.45, 7) is 9.24. The summed E-state index contributed by atoms with van der Waals surface area (Å²) in [5.74, 6) is -0.132. The second kappa shape index (κ2) is 13.3. The average Bonchev–Trinajstić information content (AvgIpc) is 3.11. The molecule has 1 aromatic heterocycles. The number of aromatic nitrogens is 1. The van der Waals surface area contributed by atoms with Gasteiger partial charge in [-0.25, -0.2) is 14.8 Å². The van der Waals surface area contributed by atoms with Crippen LogP contribution in [-0.4, -0.2) is 67.4 Å². The van der Waals surface area contributed by atoms with Gasteiger partial charge in [-0.3, -0.25) is 14.5 Å². The SMILES string of the molecule is CCOC(=O)c1ccc(C2=Nc3ccccc3N(C(=O)c3ccc(NC(=O)c4cc(C)cnc4N4CC5(CCOCC5)C4)cc3)[C@H]2C)cc1. The van der Waals surface area contributed by atoms with Crippen molar-refractivity contribution in [1.82, 2.24) is 4.98 Å². The quantitative estimate of drug-likeness (QED) is 0.223. The van der Waals surface area contributed by atoms with Crippen molar-refractivity contribution in [3.8, 4) is 0 Å². The number of benzene rings is 3. The van der Waals surface area contributed by atoms with Gasteiger partial charge >= 0.3 is 5.97 Å². The maximum absolute atomic E-state index is 14.1. The Kier molecular flexibility index (Phi) is 8.73. The topological polar surface area (TPSA) is 113 Å². The molecule has 4 aromatic rings. The van der Waals surface area contributed by atoms with Gasteiger partial charge in [0.05, 0.1) is 40.9 Å². The fourth-order valence-electron chi connectivity index (χ4n) is 6.95. The van der Waals surface area contributed by atoms with Crippen LogP contribution in [0.3, 0.4) is 0 Å². The molecule has 0 unspecified atom stereocenters. The molecule has 10 nitrogen and oxygen atoms in total. The number of aryl methyl sites for hydroxylation is 1. The van der Waals surface area contributed by atoms with Gasteiger partial charge in [0.1, 0.15) is 5.82 Å². The molecule has 0 bridgehead atoms. The van der Waals surface area contributed by atoms with E-state index in [2.05, 4.69) is 15.2 Å². The van der Waals surface area contributed by atoms with Gasteiger partial charge in [0.15, 0.2) is 0 Å². The highest BCUT2D eigenvalue weighted by atomic mass is 16.5. The molecular formula is C39H39N5O5. The lowest BCUT2D eigenvalue weighted by atomic mass is 9.73. The Morgan fingerprint density at radius 3 is 2.37 bits per heavy atom. The van der Waals surface area contributed by atoms with E-state index < -0.39 is 6.04 Å². The highest BCUT2D eigenvalue weighted by Crippen LogP contribution is 2.42. The first kappa shape index (κ1) is 32.2. The first-order valence-corrected chi connectivity index (χ1v) is 16.7. The summed E-state index contributed by atoms with van der Waals surface area (Å²) in [4.78, 5) is 53.4. The van der Waals surface area contributed by atoms with Gasteiger partial charge in [0, 0.05) is 49.2 Å². The van der Waals surface area contributed by atoms with Gasteiger partial charge in [-0.1, -0.05) is 24.3 Å². The molecule has 0 aliphatic carbocycles. The Morgan fingerprint density at radius 2 is 1.65 bits per heavy atom. The first-order chi connectivity index (χ1) is 23.7. The maximum Gasteiger partial charge on any atom is 0.338 e. The van der Waals surface area contributed by atoms with Crippen LogP contribution in [0.4, 0.5) is 22.9 Å². The Balaban J connectivity index is 1.08. The lowest BCUT2D eigenvalue weighted by molar-refractivity contribution is -0.000512. The first-order valence-electron chi connectivity index (χ1n) is 16.7. The van der Waals surface area contributed by atoms with Crippen LogP contribution in [0.25, 0.3) is 0 Å². The molecule has 7 rings (SSSR count). The predicted molar refractivity (Wildman–Crippen MR) is 189 cm³/mol. The number of hydrogen-bond donors (Lipinski definition) is 1. The number of anilines is 3. The molecule has 0 radical (unpaired) electrons. The van der Waals surface area contributed by atoms with Crippen LogP contribution >= 0.6 is 0 Å². The molecule has 3 aliphatic rings. The van der Waals surface area contributed by atoms with Crippen molar-refractivity contribution < 1.29 is 23.9 Å². The number of para-hydroxylation sites is 2. The second-order valence-electron chi connectivity index (χ2n) is 13.0. The standard InChI is InChI=1S/C39H39N5O5/c1-4-49-38(47)29-11-9-27(10-12-29)34-26(3)44(33-8-6-5-7-32(33)42-34)37(46)28-13-15-30(16-14-28)41-36(45)31-21-25(2)22-40-35(31)43-23-39(24-43)17-19-48-20-18-39/h5-16,21-22,26H,4,17-20,23-24H2,1-3H3,(H,41,45)/t26-/m0/s1. The third-order valence-electron chi connectivity index (χ3n) is 9.62. The van der Waals surface area contributed by atoms with E-state index >= 15 is 0 Å². The zero-order chi connectivity index (χ0) is 34.1. The molecule has 4 heterocycles. The summed E-state index contributed by atoms with van der Waals surface area (Å²) in [5.41, 5.74) is 6.08. The van der Waals surface area contributed by atoms with E-state index in [1.54, 1.807) is 54.4 Å². The molecule has 1 atom stereocenters. The Bertz CT molecular complexity index is 1920. The number of rotatable bonds is 7. The van der Waals surface area contributed by atoms with Crippen LogP contribution in [-0.2, 0) is 9.47 Å². The second-order valence-corrected chi connectivity index (χ2v) is 13.0. The van der Waals surface area contributed by atoms with Crippen LogP contribution in [0.2, 0.25) is 0 Å². The molecule has 0 saturated carbocycles. The van der Waals surface area contributed by atoms with Crippen LogP contribution in [0.1, 0.15) is 68.9 Å². The number of esters is 1. The molecule has 1 spiro atoms. The number of ether oxygens (including phenoxy) is 2. The van der Waals surface area contributed by atoms with Gasteiger partial charge in [-0.2, -0.15) is 0 Å². The molecule has 3 aliphatic heterocycles. The minimum Gasteiger partial charge on any atom is -0.462 e. The van der Waals surface area contributed by atoms with E-state index in [0.717, 1.165) is 50.3 Å². The zero-order valence-electron chi connectivity index (χ0n) is 27.9. The number of carbonyl (C=O) groups is 3. The lowest BCUT2D eigenvalue weighted by Crippen LogP contribution is -2.59. The van der Waals surface area contributed by atoms with E-state index in [-0.39, 0.29) is 23.2 Å². The van der Waals surface area contributed by atoms with Gasteiger partial charge in [-0.15, -0.1) is 0 Å². The van der Waals surface area contributed by atoms with Crippen molar-refractivity contribution in [2.75, 3.05) is 48.0 Å². The number of hydrogen-bond acceptors (Lipinski definition) is 8. The highest BCUT2D eigenvalue weighted by Gasteiger charge is 2.45. The van der Waals surface area contributed by atoms with Gasteiger partial charge in [0.25, 0.3) is 11.8 Å². The fourth-order valence-corrected chi connectivity index (χ4v) is 6.95. The molecule has 2 amide bonds. The van der Waals surface area contributed by atoms with Gasteiger partial charge in [0.2, 0.25) is 0 Å². The van der Waals surface area contributed by atoms with Crippen LogP contribution in [0.5, 0.6) is 0 Å². The van der Waals surface area contributed by atoms with Crippen LogP contribution in [0, 0.1) is 12.3 Å². The molecule has 2 fully saturated rings. The van der Waals surface area contributed by atoms with Crippen LogP contribution < -0.4 is 15.1 Å². The lowest BCUT2D eigenvalue weighted by Gasteiger charge is -2.53. The molecule has 49 heavy (non-hydrogen) atoms. The van der Waals surface area contributed by atoms with E-state index in [1.165, 1.54) is 0 Å². The number of nitrogens with one attached hydrogen (secondary N) is 1. The number of pyridine rings is 1. The molecule has 10 heteroatoms. The molecule has 2 saturated heterocycles. The van der Waals surface area contributed by atoms with E-state index in [4.69, 9.17) is 14.5 Å². The minimum atomic E-state index is -0.399. The maximum atomic E-state index is 14.1. The average molecular weight is 658 g/mol. The third-order valence-corrected chi connectivity index (χ3v) is 9.62. The number of fused-ring (bicyclic) bond motifs is 1. The fraction of sp³-hybridized carbons (Fsp3) is 0.308. The number of carbonyl (C=O) groups excluding carboxylic acids is 3. The van der Waals surface area contributed by atoms with Gasteiger partial charge < -0.3 is 19.7 Å². The van der Waals surface area contributed by atoms with E-state index in [0.29, 0.717) is 51.9 Å². The minimum absolute atomic E-state index is 0.196. The largest absolute Gasteiger partial charge is 0.462 e. The summed E-state index contributed by atoms with van der Waals surface area (Å²) in [6, 6.07) is 23.1. The third kappa shape index (κ3) is 6.31. The summed E-state index contributed by atoms with van der Waals surface area (Å²) in [7, 11) is 0. The summed E-state index contributed by atoms with van der Waals surface area (Å²) in [5, 5.41) is 3.02. The number of nitrogens with zero attached hydrogens (tertiary/aromatic N) is 4. The monoisotopic (exact) mass is 657 g/mol.